The number of aliphatic carboxylic acids is 1. The molecule has 4 saturated carbocycles. The van der Waals surface area contributed by atoms with E-state index >= 15 is 0 Å². The van der Waals surface area contributed by atoms with Crippen LogP contribution in [0.15, 0.2) is 12.2 Å². The second-order valence-electron chi connectivity index (χ2n) is 15.3. The molecule has 0 amide bonds. The molecular weight excluding hydrogens is 464 g/mol. The lowest BCUT2D eigenvalue weighted by atomic mass is 9.31. The lowest BCUT2D eigenvalue weighted by molar-refractivity contribution is -0.277. The first-order chi connectivity index (χ1) is 17.0. The number of carbonyl (C=O) groups is 2. The van der Waals surface area contributed by atoms with E-state index in [-0.39, 0.29) is 46.1 Å². The second-order valence-corrected chi connectivity index (χ2v) is 15.3. The Hall–Kier alpha value is -1.36. The van der Waals surface area contributed by atoms with Gasteiger partial charge in [-0.1, -0.05) is 60.6 Å². The lowest BCUT2D eigenvalue weighted by Crippen LogP contribution is -2.74. The van der Waals surface area contributed by atoms with Crippen molar-refractivity contribution < 1.29 is 24.5 Å². The maximum Gasteiger partial charge on any atom is 0.310 e. The average Bonchev–Trinajstić information content (AvgIpc) is 2.79. The van der Waals surface area contributed by atoms with Gasteiger partial charge in [0, 0.05) is 23.7 Å². The molecule has 5 nitrogen and oxygen atoms in total. The molecule has 37 heavy (non-hydrogen) atoms. The number of rotatable bonds is 2. The van der Waals surface area contributed by atoms with E-state index in [9.17, 15) is 19.8 Å². The molecule has 0 unspecified atom stereocenters. The maximum absolute atomic E-state index is 12.9. The summed E-state index contributed by atoms with van der Waals surface area (Å²) in [5.41, 5.74) is -2.63. The highest BCUT2D eigenvalue weighted by atomic mass is 16.5. The van der Waals surface area contributed by atoms with Gasteiger partial charge in [0.25, 0.3) is 0 Å². The van der Waals surface area contributed by atoms with Gasteiger partial charge in [-0.2, -0.15) is 0 Å². The van der Waals surface area contributed by atoms with Crippen LogP contribution in [0.25, 0.3) is 0 Å². The molecule has 2 N–H and O–H groups in total. The Balaban J connectivity index is 1.61. The number of esters is 1. The predicted molar refractivity (Wildman–Crippen MR) is 144 cm³/mol. The van der Waals surface area contributed by atoms with Gasteiger partial charge in [-0.25, -0.2) is 0 Å². The van der Waals surface area contributed by atoms with Crippen LogP contribution in [0.1, 0.15) is 107 Å². The number of hydrogen-bond donors (Lipinski definition) is 2. The number of allylic oxidation sites excluding steroid dienone is 1. The number of fused-ring (bicyclic) bond motifs is 7. The first-order valence-corrected chi connectivity index (χ1v) is 14.8. The summed E-state index contributed by atoms with van der Waals surface area (Å²) in [5.74, 6) is 0.0422. The molecule has 11 atom stereocenters. The van der Waals surface area contributed by atoms with Crippen LogP contribution in [0, 0.1) is 56.7 Å². The summed E-state index contributed by atoms with van der Waals surface area (Å²) in [5, 5.41) is 23.5. The first-order valence-electron chi connectivity index (χ1n) is 14.8. The Labute approximate surface area is 223 Å². The minimum absolute atomic E-state index is 0.0286. The van der Waals surface area contributed by atoms with Crippen LogP contribution < -0.4 is 0 Å². The van der Waals surface area contributed by atoms with Gasteiger partial charge in [0.1, 0.15) is 6.10 Å². The Morgan fingerprint density at radius 3 is 2.22 bits per heavy atom. The van der Waals surface area contributed by atoms with Crippen LogP contribution in [-0.2, 0) is 14.3 Å². The molecule has 5 aliphatic carbocycles. The van der Waals surface area contributed by atoms with E-state index in [2.05, 4.69) is 60.6 Å². The summed E-state index contributed by atoms with van der Waals surface area (Å²) < 4.78 is 5.85. The summed E-state index contributed by atoms with van der Waals surface area (Å²) in [6.07, 6.45) is 11.2. The third-order valence-electron chi connectivity index (χ3n) is 13.8. The Kier molecular flexibility index (Phi) is 5.95. The molecule has 0 aliphatic heterocycles. The van der Waals surface area contributed by atoms with Crippen molar-refractivity contribution in [3.8, 4) is 0 Å². The maximum atomic E-state index is 12.9. The number of hydrogen-bond acceptors (Lipinski definition) is 4. The summed E-state index contributed by atoms with van der Waals surface area (Å²) >= 11 is 0. The van der Waals surface area contributed by atoms with Gasteiger partial charge in [0.05, 0.1) is 11.0 Å². The molecule has 4 fully saturated rings. The van der Waals surface area contributed by atoms with Gasteiger partial charge in [0.2, 0.25) is 0 Å². The Morgan fingerprint density at radius 2 is 1.59 bits per heavy atom. The molecule has 0 spiro atoms. The number of carboxylic acids is 1. The molecule has 0 aromatic heterocycles. The molecule has 0 aromatic carbocycles. The van der Waals surface area contributed by atoms with Crippen molar-refractivity contribution in [1.82, 2.24) is 0 Å². The van der Waals surface area contributed by atoms with Crippen LogP contribution in [0.3, 0.4) is 0 Å². The Morgan fingerprint density at radius 1 is 0.919 bits per heavy atom. The normalized spacial score (nSPS) is 54.2. The zero-order valence-corrected chi connectivity index (χ0v) is 24.4. The number of aliphatic hydroxyl groups is 1. The fourth-order valence-electron chi connectivity index (χ4n) is 11.4. The van der Waals surface area contributed by atoms with Crippen molar-refractivity contribution in [3.05, 3.63) is 12.2 Å². The van der Waals surface area contributed by atoms with E-state index in [4.69, 9.17) is 4.74 Å². The number of ether oxygens (including phenoxy) is 1. The molecule has 0 aromatic rings. The molecule has 5 heteroatoms. The molecule has 5 rings (SSSR count). The van der Waals surface area contributed by atoms with E-state index in [1.165, 1.54) is 6.92 Å². The van der Waals surface area contributed by atoms with Gasteiger partial charge < -0.3 is 14.9 Å². The van der Waals surface area contributed by atoms with Crippen molar-refractivity contribution in [2.45, 2.75) is 118 Å². The quantitative estimate of drug-likeness (QED) is 0.319. The van der Waals surface area contributed by atoms with Gasteiger partial charge in [-0.15, -0.1) is 0 Å². The SMILES string of the molecule is CC(=O)O[C@H]1CC[C@]2(C)[C@H]3C=C[C@]4(O)[C@@H]5[C@@H](C)[C@H](C)CC[C@]5(C(=O)O)CC[C@@]4(C)[C@]3(C)CC[C@H]2C1(C)C. The number of carboxylic acid groups (broad SMARTS) is 1. The minimum atomic E-state index is -1.14. The molecule has 0 bridgehead atoms. The van der Waals surface area contributed by atoms with Crippen LogP contribution in [0.2, 0.25) is 0 Å². The van der Waals surface area contributed by atoms with Crippen molar-refractivity contribution >= 4 is 11.9 Å². The summed E-state index contributed by atoms with van der Waals surface area (Å²) in [6, 6.07) is 0. The van der Waals surface area contributed by atoms with Crippen molar-refractivity contribution in [2.75, 3.05) is 0 Å². The summed E-state index contributed by atoms with van der Waals surface area (Å²) in [7, 11) is 0. The van der Waals surface area contributed by atoms with Gasteiger partial charge >= 0.3 is 11.9 Å². The molecule has 208 valence electrons. The first kappa shape index (κ1) is 27.2. The van der Waals surface area contributed by atoms with E-state index in [0.717, 1.165) is 38.5 Å². The van der Waals surface area contributed by atoms with Crippen LogP contribution in [-0.4, -0.2) is 33.9 Å². The molecule has 5 aliphatic rings. The lowest BCUT2D eigenvalue weighted by Gasteiger charge is -2.74. The molecular formula is C32H50O5. The third kappa shape index (κ3) is 3.19. The molecule has 0 heterocycles. The predicted octanol–water partition coefficient (Wildman–Crippen LogP) is 6.63. The highest BCUT2D eigenvalue weighted by Gasteiger charge is 2.75. The highest BCUT2D eigenvalue weighted by molar-refractivity contribution is 5.76. The van der Waals surface area contributed by atoms with Crippen molar-refractivity contribution in [3.63, 3.8) is 0 Å². The number of carbonyl (C=O) groups excluding carboxylic acids is 1. The Bertz CT molecular complexity index is 1020. The second kappa shape index (κ2) is 8.08. The topological polar surface area (TPSA) is 83.8 Å². The average molecular weight is 515 g/mol. The van der Waals surface area contributed by atoms with E-state index in [1.54, 1.807) is 0 Å². The van der Waals surface area contributed by atoms with Gasteiger partial charge in [-0.05, 0) is 85.9 Å². The minimum Gasteiger partial charge on any atom is -0.481 e. The zero-order valence-electron chi connectivity index (χ0n) is 24.4. The van der Waals surface area contributed by atoms with Crippen molar-refractivity contribution in [1.29, 1.82) is 0 Å². The van der Waals surface area contributed by atoms with Gasteiger partial charge in [-0.3, -0.25) is 9.59 Å². The largest absolute Gasteiger partial charge is 0.481 e. The smallest absolute Gasteiger partial charge is 0.310 e. The fraction of sp³-hybridized carbons (Fsp3) is 0.875. The summed E-state index contributed by atoms with van der Waals surface area (Å²) in [4.78, 5) is 24.8. The molecule has 0 saturated heterocycles. The third-order valence-corrected chi connectivity index (χ3v) is 13.8. The zero-order chi connectivity index (χ0) is 27.4. The van der Waals surface area contributed by atoms with Crippen LogP contribution >= 0.6 is 0 Å². The van der Waals surface area contributed by atoms with E-state index < -0.39 is 22.4 Å². The fourth-order valence-corrected chi connectivity index (χ4v) is 11.4. The summed E-state index contributed by atoms with van der Waals surface area (Å²) in [6.45, 7) is 17.6. The standard InChI is InChI=1S/C32H50O5/c1-19-9-15-31(26(34)35)18-17-30(8)29(7)14-10-22-27(4,5)24(37-21(3)33)12-13-28(22,6)23(29)11-16-32(30,36)25(31)20(19)2/h11,16,19-20,22-25,36H,9-10,12-15,17-18H2,1-8H3,(H,34,35)/t19-,20+,22+,23-,24+,25-,28+,29-,30+,31+,32+/m1/s1. The van der Waals surface area contributed by atoms with E-state index in [1.807, 2.05) is 0 Å². The van der Waals surface area contributed by atoms with Gasteiger partial charge in [0.15, 0.2) is 0 Å². The molecule has 0 radical (unpaired) electrons. The monoisotopic (exact) mass is 514 g/mol. The van der Waals surface area contributed by atoms with Crippen LogP contribution in [0.5, 0.6) is 0 Å². The van der Waals surface area contributed by atoms with Crippen LogP contribution in [0.4, 0.5) is 0 Å². The van der Waals surface area contributed by atoms with Crippen molar-refractivity contribution in [2.24, 2.45) is 56.7 Å². The highest BCUT2D eigenvalue weighted by Crippen LogP contribution is 2.76. The van der Waals surface area contributed by atoms with E-state index in [0.29, 0.717) is 24.7 Å².